The molecule has 9 nitrogen and oxygen atoms in total. The number of anilines is 1. The van der Waals surface area contributed by atoms with Gasteiger partial charge in [0.25, 0.3) is 11.6 Å². The zero-order valence-corrected chi connectivity index (χ0v) is 17.7. The van der Waals surface area contributed by atoms with E-state index in [4.69, 9.17) is 4.42 Å². The van der Waals surface area contributed by atoms with Gasteiger partial charge in [-0.05, 0) is 24.1 Å². The number of benzene rings is 2. The van der Waals surface area contributed by atoms with Gasteiger partial charge < -0.3 is 4.42 Å². The maximum Gasteiger partial charge on any atom is 0.297 e. The van der Waals surface area contributed by atoms with E-state index in [9.17, 15) is 19.7 Å². The summed E-state index contributed by atoms with van der Waals surface area (Å²) in [5, 5.41) is 21.1. The van der Waals surface area contributed by atoms with E-state index in [-0.39, 0.29) is 22.4 Å². The van der Waals surface area contributed by atoms with Crippen molar-refractivity contribution < 1.29 is 14.1 Å². The van der Waals surface area contributed by atoms with Crippen LogP contribution in [-0.4, -0.2) is 21.0 Å². The number of amides is 1. The van der Waals surface area contributed by atoms with Gasteiger partial charge in [0.1, 0.15) is 10.6 Å². The van der Waals surface area contributed by atoms with Crippen molar-refractivity contribution in [3.63, 3.8) is 0 Å². The normalized spacial score (nSPS) is 15.3. The Morgan fingerprint density at radius 3 is 2.75 bits per heavy atom. The van der Waals surface area contributed by atoms with Crippen LogP contribution in [0.3, 0.4) is 0 Å². The van der Waals surface area contributed by atoms with E-state index >= 15 is 0 Å². The molecule has 2 aromatic carbocycles. The van der Waals surface area contributed by atoms with Crippen molar-refractivity contribution >= 4 is 39.0 Å². The highest BCUT2D eigenvalue weighted by atomic mass is 32.1. The lowest BCUT2D eigenvalue weighted by Gasteiger charge is -2.21. The number of hydrogen-bond acceptors (Lipinski definition) is 8. The first-order valence-electron chi connectivity index (χ1n) is 9.95. The fourth-order valence-corrected chi connectivity index (χ4v) is 4.86. The van der Waals surface area contributed by atoms with Crippen LogP contribution < -0.4 is 10.3 Å². The van der Waals surface area contributed by atoms with Crippen LogP contribution in [0.25, 0.3) is 11.0 Å². The Hall–Kier alpha value is -3.92. The van der Waals surface area contributed by atoms with Gasteiger partial charge in [-0.15, -0.1) is 10.2 Å². The third-order valence-corrected chi connectivity index (χ3v) is 6.28. The lowest BCUT2D eigenvalue weighted by atomic mass is 9.98. The van der Waals surface area contributed by atoms with Crippen LogP contribution in [0.4, 0.5) is 10.8 Å². The predicted octanol–water partition coefficient (Wildman–Crippen LogP) is 4.26. The predicted molar refractivity (Wildman–Crippen MR) is 118 cm³/mol. The van der Waals surface area contributed by atoms with Gasteiger partial charge in [-0.25, -0.2) is 0 Å². The number of para-hydroxylation sites is 1. The zero-order valence-electron chi connectivity index (χ0n) is 16.8. The maximum atomic E-state index is 13.5. The number of aryl methyl sites for hydroxylation is 1. The number of nitro benzene ring substituents is 1. The highest BCUT2D eigenvalue weighted by molar-refractivity contribution is 7.15. The van der Waals surface area contributed by atoms with Gasteiger partial charge >= 0.3 is 0 Å². The Morgan fingerprint density at radius 2 is 1.97 bits per heavy atom. The number of fused-ring (bicyclic) bond motifs is 2. The van der Waals surface area contributed by atoms with E-state index < -0.39 is 16.9 Å². The third kappa shape index (κ3) is 3.07. The molecule has 160 valence electrons. The van der Waals surface area contributed by atoms with E-state index in [0.29, 0.717) is 28.1 Å². The Kier molecular flexibility index (Phi) is 4.78. The zero-order chi connectivity index (χ0) is 22.4. The van der Waals surface area contributed by atoms with Crippen molar-refractivity contribution in [3.8, 4) is 0 Å². The molecule has 2 aromatic heterocycles. The summed E-state index contributed by atoms with van der Waals surface area (Å²) in [4.78, 5) is 39.1. The first-order chi connectivity index (χ1) is 15.5. The van der Waals surface area contributed by atoms with Crippen molar-refractivity contribution in [2.75, 3.05) is 4.90 Å². The topological polar surface area (TPSA) is 119 Å². The molecule has 0 N–H and O–H groups in total. The summed E-state index contributed by atoms with van der Waals surface area (Å²) in [5.41, 5.74) is 0.362. The molecule has 1 aliphatic rings. The van der Waals surface area contributed by atoms with Gasteiger partial charge in [0.15, 0.2) is 5.43 Å². The molecule has 0 saturated heterocycles. The molecule has 0 radical (unpaired) electrons. The molecule has 1 aliphatic heterocycles. The number of nitro groups is 1. The van der Waals surface area contributed by atoms with Crippen molar-refractivity contribution in [1.82, 2.24) is 10.2 Å². The van der Waals surface area contributed by atoms with Crippen molar-refractivity contribution in [2.24, 2.45) is 0 Å². The quantitative estimate of drug-likeness (QED) is 0.330. The Balaban J connectivity index is 1.77. The molecular formula is C22H16N4O5S. The van der Waals surface area contributed by atoms with Gasteiger partial charge in [0, 0.05) is 18.6 Å². The number of rotatable bonds is 5. The van der Waals surface area contributed by atoms with E-state index in [0.717, 1.165) is 11.4 Å². The van der Waals surface area contributed by atoms with Crippen LogP contribution in [-0.2, 0) is 6.42 Å². The standard InChI is InChI=1S/C22H16N4O5S/c1-2-6-16-23-24-22(32-16)25-18(12-7-5-8-13(11-12)26(29)30)17-19(27)14-9-3-4-10-15(14)31-20(17)21(25)28/h3-5,7-11,18H,2,6H2,1H3. The van der Waals surface area contributed by atoms with Crippen LogP contribution >= 0.6 is 11.3 Å². The van der Waals surface area contributed by atoms with Crippen molar-refractivity contribution in [2.45, 2.75) is 25.8 Å². The second-order valence-corrected chi connectivity index (χ2v) is 8.37. The molecule has 10 heteroatoms. The summed E-state index contributed by atoms with van der Waals surface area (Å²) in [7, 11) is 0. The summed E-state index contributed by atoms with van der Waals surface area (Å²) in [5.74, 6) is -0.615. The Morgan fingerprint density at radius 1 is 1.16 bits per heavy atom. The van der Waals surface area contributed by atoms with Crippen LogP contribution in [0.5, 0.6) is 0 Å². The molecule has 0 saturated carbocycles. The summed E-state index contributed by atoms with van der Waals surface area (Å²) < 4.78 is 5.86. The molecule has 5 rings (SSSR count). The highest BCUT2D eigenvalue weighted by Gasteiger charge is 2.45. The van der Waals surface area contributed by atoms with E-state index in [2.05, 4.69) is 10.2 Å². The minimum Gasteiger partial charge on any atom is -0.450 e. The number of nitrogens with zero attached hydrogens (tertiary/aromatic N) is 4. The van der Waals surface area contributed by atoms with Crippen LogP contribution in [0.1, 0.15) is 46.1 Å². The van der Waals surface area contributed by atoms with Gasteiger partial charge in [-0.2, -0.15) is 0 Å². The summed E-state index contributed by atoms with van der Waals surface area (Å²) in [6, 6.07) is 11.7. The largest absolute Gasteiger partial charge is 0.450 e. The van der Waals surface area contributed by atoms with Crippen LogP contribution in [0, 0.1) is 10.1 Å². The summed E-state index contributed by atoms with van der Waals surface area (Å²) >= 11 is 1.25. The molecule has 0 bridgehead atoms. The molecule has 3 heterocycles. The summed E-state index contributed by atoms with van der Waals surface area (Å²) in [6.45, 7) is 2.01. The highest BCUT2D eigenvalue weighted by Crippen LogP contribution is 2.42. The SMILES string of the molecule is CCCc1nnc(N2C(=O)c3oc4ccccc4c(=O)c3C2c2cccc([N+](=O)[O-])c2)s1. The maximum absolute atomic E-state index is 13.5. The minimum atomic E-state index is -0.916. The molecular weight excluding hydrogens is 432 g/mol. The molecule has 4 aromatic rings. The number of hydrogen-bond donors (Lipinski definition) is 0. The van der Waals surface area contributed by atoms with Gasteiger partial charge in [-0.1, -0.05) is 42.5 Å². The molecule has 1 unspecified atom stereocenters. The molecule has 32 heavy (non-hydrogen) atoms. The average Bonchev–Trinajstić information content (AvgIpc) is 3.37. The van der Waals surface area contributed by atoms with Crippen molar-refractivity contribution in [3.05, 3.63) is 90.8 Å². The van der Waals surface area contributed by atoms with E-state index in [1.54, 1.807) is 30.3 Å². The Bertz CT molecular complexity index is 1440. The average molecular weight is 448 g/mol. The molecule has 0 aliphatic carbocycles. The van der Waals surface area contributed by atoms with Gasteiger partial charge in [-0.3, -0.25) is 24.6 Å². The van der Waals surface area contributed by atoms with Crippen molar-refractivity contribution in [1.29, 1.82) is 0 Å². The molecule has 0 spiro atoms. The molecule has 1 amide bonds. The third-order valence-electron chi connectivity index (χ3n) is 5.30. The minimum absolute atomic E-state index is 0.0857. The number of carbonyl (C=O) groups excluding carboxylic acids is 1. The van der Waals surface area contributed by atoms with Gasteiger partial charge in [0.05, 0.1) is 21.9 Å². The second kappa shape index (κ2) is 7.65. The lowest BCUT2D eigenvalue weighted by Crippen LogP contribution is -2.29. The second-order valence-electron chi connectivity index (χ2n) is 7.33. The van der Waals surface area contributed by atoms with E-state index in [1.165, 1.54) is 34.4 Å². The number of non-ortho nitro benzene ring substituents is 1. The summed E-state index contributed by atoms with van der Waals surface area (Å²) in [6.07, 6.45) is 1.57. The molecule has 0 fully saturated rings. The fourth-order valence-electron chi connectivity index (χ4n) is 3.90. The monoisotopic (exact) mass is 448 g/mol. The smallest absolute Gasteiger partial charge is 0.297 e. The lowest BCUT2D eigenvalue weighted by molar-refractivity contribution is -0.384. The van der Waals surface area contributed by atoms with Gasteiger partial charge in [0.2, 0.25) is 10.9 Å². The number of carbonyl (C=O) groups is 1. The first-order valence-corrected chi connectivity index (χ1v) is 10.8. The fraction of sp³-hybridized carbons (Fsp3) is 0.182. The van der Waals surface area contributed by atoms with Crippen LogP contribution in [0.2, 0.25) is 0 Å². The Labute approximate surface area is 185 Å². The van der Waals surface area contributed by atoms with Crippen LogP contribution in [0.15, 0.2) is 57.7 Å². The van der Waals surface area contributed by atoms with E-state index in [1.807, 2.05) is 6.92 Å². The molecule has 1 atom stereocenters. The first kappa shape index (κ1) is 20.0. The number of aromatic nitrogens is 2.